The molecule has 0 aromatic rings. The van der Waals surface area contributed by atoms with Gasteiger partial charge in [0.2, 0.25) is 0 Å². The number of carbonyl (C=O) groups excluding carboxylic acids is 1. The lowest BCUT2D eigenvalue weighted by Crippen LogP contribution is -2.58. The van der Waals surface area contributed by atoms with Crippen LogP contribution in [0.3, 0.4) is 0 Å². The van der Waals surface area contributed by atoms with Crippen LogP contribution in [0, 0.1) is 34.0 Å². The number of Topliss-reactive ketones (excluding diaryl/α,β-unsaturated/α-hetero) is 1. The van der Waals surface area contributed by atoms with Crippen molar-refractivity contribution in [2.45, 2.75) is 77.7 Å². The van der Waals surface area contributed by atoms with E-state index >= 15 is 0 Å². The monoisotopic (exact) mass is 430 g/mol. The Kier molecular flexibility index (Phi) is 3.62. The Hall–Kier alpha value is 0.360. The van der Waals surface area contributed by atoms with E-state index in [-0.39, 0.29) is 5.41 Å². The van der Waals surface area contributed by atoms with Gasteiger partial charge in [-0.15, -0.1) is 0 Å². The van der Waals surface area contributed by atoms with E-state index in [4.69, 9.17) is 0 Å². The summed E-state index contributed by atoms with van der Waals surface area (Å²) >= 11 is 2.40. The van der Waals surface area contributed by atoms with Crippen molar-refractivity contribution < 1.29 is 9.90 Å². The third-order valence-electron chi connectivity index (χ3n) is 8.85. The molecule has 130 valence electrons. The van der Waals surface area contributed by atoms with Gasteiger partial charge in [-0.1, -0.05) is 43.4 Å². The summed E-state index contributed by atoms with van der Waals surface area (Å²) < 4.78 is 0.883. The molecular formula is C20H31IO2. The Morgan fingerprint density at radius 3 is 2.57 bits per heavy atom. The molecule has 0 aliphatic heterocycles. The third kappa shape index (κ3) is 2.04. The van der Waals surface area contributed by atoms with E-state index in [2.05, 4.69) is 43.4 Å². The molecule has 4 aliphatic carbocycles. The van der Waals surface area contributed by atoms with E-state index in [0.717, 1.165) is 23.7 Å². The highest BCUT2D eigenvalue weighted by atomic mass is 127. The number of hydrogen-bond donors (Lipinski definition) is 1. The van der Waals surface area contributed by atoms with Crippen LogP contribution in [0.25, 0.3) is 0 Å². The van der Waals surface area contributed by atoms with Crippen LogP contribution in [-0.2, 0) is 4.79 Å². The number of halogens is 1. The number of ketones is 1. The highest BCUT2D eigenvalue weighted by Gasteiger charge is 2.67. The van der Waals surface area contributed by atoms with E-state index in [1.54, 1.807) is 0 Å². The van der Waals surface area contributed by atoms with E-state index in [0.29, 0.717) is 34.4 Å². The first-order valence-corrected chi connectivity index (χ1v) is 11.0. The smallest absolute Gasteiger partial charge is 0.138 e. The topological polar surface area (TPSA) is 37.3 Å². The molecule has 0 saturated heterocycles. The van der Waals surface area contributed by atoms with E-state index in [1.807, 2.05) is 0 Å². The zero-order valence-electron chi connectivity index (χ0n) is 14.8. The summed E-state index contributed by atoms with van der Waals surface area (Å²) in [5.41, 5.74) is 0.101. The summed E-state index contributed by atoms with van der Waals surface area (Å²) in [4.78, 5) is 12.5. The first kappa shape index (κ1) is 16.8. The molecule has 4 saturated carbocycles. The molecular weight excluding hydrogens is 399 g/mol. The molecule has 4 fully saturated rings. The molecule has 6 atom stereocenters. The fourth-order valence-electron chi connectivity index (χ4n) is 7.80. The van der Waals surface area contributed by atoms with Gasteiger partial charge in [0, 0.05) is 16.3 Å². The number of aliphatic hydroxyl groups is 1. The number of hydrogen-bond acceptors (Lipinski definition) is 2. The van der Waals surface area contributed by atoms with Crippen LogP contribution in [0.4, 0.5) is 0 Å². The van der Waals surface area contributed by atoms with Crippen molar-refractivity contribution in [1.29, 1.82) is 0 Å². The number of carbonyl (C=O) groups is 1. The van der Waals surface area contributed by atoms with Gasteiger partial charge < -0.3 is 5.11 Å². The van der Waals surface area contributed by atoms with Gasteiger partial charge in [-0.3, -0.25) is 4.79 Å². The van der Waals surface area contributed by atoms with Crippen molar-refractivity contribution in [3.63, 3.8) is 0 Å². The maximum absolute atomic E-state index is 12.5. The SMILES string of the molecule is CC1(C)C(=O)CC[C@@]2(C)[C@H]1CC[C@]13C[C@H](CC[C@@H]12)[C@@](O)(CI)C3. The Balaban J connectivity index is 1.73. The molecule has 0 heterocycles. The first-order valence-electron chi connectivity index (χ1n) is 9.50. The van der Waals surface area contributed by atoms with Crippen molar-refractivity contribution in [2.75, 3.05) is 4.43 Å². The molecule has 0 unspecified atom stereocenters. The molecule has 0 radical (unpaired) electrons. The summed E-state index contributed by atoms with van der Waals surface area (Å²) in [5.74, 6) is 2.26. The van der Waals surface area contributed by atoms with Gasteiger partial charge in [0.1, 0.15) is 5.78 Å². The second kappa shape index (κ2) is 4.96. The highest BCUT2D eigenvalue weighted by Crippen LogP contribution is 2.72. The minimum absolute atomic E-state index is 0.149. The third-order valence-corrected chi connectivity index (χ3v) is 10.2. The van der Waals surface area contributed by atoms with Gasteiger partial charge in [-0.25, -0.2) is 0 Å². The minimum atomic E-state index is -0.418. The van der Waals surface area contributed by atoms with Crippen LogP contribution in [0.15, 0.2) is 0 Å². The van der Waals surface area contributed by atoms with Gasteiger partial charge in [-0.05, 0) is 73.5 Å². The molecule has 0 aromatic carbocycles. The molecule has 2 bridgehead atoms. The Bertz CT molecular complexity index is 544. The molecule has 2 nitrogen and oxygen atoms in total. The van der Waals surface area contributed by atoms with E-state index in [9.17, 15) is 9.90 Å². The predicted octanol–water partition coefficient (Wildman–Crippen LogP) is 4.76. The zero-order valence-corrected chi connectivity index (χ0v) is 17.0. The van der Waals surface area contributed by atoms with Crippen LogP contribution in [0.1, 0.15) is 72.1 Å². The van der Waals surface area contributed by atoms with Crippen LogP contribution >= 0.6 is 22.6 Å². The number of rotatable bonds is 1. The maximum atomic E-state index is 12.5. The highest BCUT2D eigenvalue weighted by molar-refractivity contribution is 14.1. The Morgan fingerprint density at radius 1 is 1.13 bits per heavy atom. The van der Waals surface area contributed by atoms with Crippen molar-refractivity contribution in [3.05, 3.63) is 0 Å². The van der Waals surface area contributed by atoms with Crippen LogP contribution < -0.4 is 0 Å². The number of alkyl halides is 1. The van der Waals surface area contributed by atoms with Gasteiger partial charge >= 0.3 is 0 Å². The normalized spacial score (nSPS) is 54.5. The predicted molar refractivity (Wildman–Crippen MR) is 101 cm³/mol. The lowest BCUT2D eigenvalue weighted by molar-refractivity contribution is -0.165. The summed E-state index contributed by atoms with van der Waals surface area (Å²) in [6.07, 6.45) is 9.03. The minimum Gasteiger partial charge on any atom is -0.389 e. The van der Waals surface area contributed by atoms with Crippen molar-refractivity contribution in [3.8, 4) is 0 Å². The van der Waals surface area contributed by atoms with Crippen molar-refractivity contribution >= 4 is 28.4 Å². The van der Waals surface area contributed by atoms with Gasteiger partial charge in [0.15, 0.2) is 0 Å². The second-order valence-corrected chi connectivity index (χ2v) is 10.8. The lowest BCUT2D eigenvalue weighted by atomic mass is 9.41. The van der Waals surface area contributed by atoms with Crippen molar-refractivity contribution in [1.82, 2.24) is 0 Å². The molecule has 4 aliphatic rings. The lowest BCUT2D eigenvalue weighted by Gasteiger charge is -2.63. The number of fused-ring (bicyclic) bond motifs is 3. The average molecular weight is 430 g/mol. The van der Waals surface area contributed by atoms with Crippen LogP contribution in [-0.4, -0.2) is 20.9 Å². The molecule has 0 aromatic heterocycles. The molecule has 23 heavy (non-hydrogen) atoms. The van der Waals surface area contributed by atoms with Crippen LogP contribution in [0.2, 0.25) is 0 Å². The van der Waals surface area contributed by atoms with Gasteiger partial charge in [-0.2, -0.15) is 0 Å². The summed E-state index contributed by atoms with van der Waals surface area (Å²) in [6.45, 7) is 6.91. The summed E-state index contributed by atoms with van der Waals surface area (Å²) in [6, 6.07) is 0. The van der Waals surface area contributed by atoms with Gasteiger partial charge in [0.05, 0.1) is 5.60 Å². The maximum Gasteiger partial charge on any atom is 0.138 e. The fourth-order valence-corrected chi connectivity index (χ4v) is 8.70. The van der Waals surface area contributed by atoms with Gasteiger partial charge in [0.25, 0.3) is 0 Å². The van der Waals surface area contributed by atoms with Crippen molar-refractivity contribution in [2.24, 2.45) is 34.0 Å². The zero-order chi connectivity index (χ0) is 16.7. The molecule has 3 heteroatoms. The van der Waals surface area contributed by atoms with Crippen LogP contribution in [0.5, 0.6) is 0 Å². The molecule has 4 rings (SSSR count). The standard InChI is InChI=1S/C20H31IO2/c1-17(2)14-6-9-19-10-13(20(23,11-19)12-21)4-5-15(19)18(14,3)8-7-16(17)22/h13-15,23H,4-12H2,1-3H3/t13-,14-,15+,18-,19+,20-/m0/s1. The Labute approximate surface area is 154 Å². The first-order chi connectivity index (χ1) is 10.7. The second-order valence-electron chi connectivity index (χ2n) is 10.0. The Morgan fingerprint density at radius 2 is 1.87 bits per heavy atom. The molecule has 1 spiro atoms. The average Bonchev–Trinajstić information content (AvgIpc) is 2.70. The summed E-state index contributed by atoms with van der Waals surface area (Å²) in [5, 5.41) is 11.2. The quantitative estimate of drug-likeness (QED) is 0.481. The fraction of sp³-hybridized carbons (Fsp3) is 0.950. The van der Waals surface area contributed by atoms with E-state index in [1.165, 1.54) is 32.1 Å². The van der Waals surface area contributed by atoms with E-state index < -0.39 is 5.60 Å². The molecule has 0 amide bonds. The largest absolute Gasteiger partial charge is 0.389 e. The summed E-state index contributed by atoms with van der Waals surface area (Å²) in [7, 11) is 0. The molecule has 1 N–H and O–H groups in total.